The van der Waals surface area contributed by atoms with Crippen molar-refractivity contribution >= 4 is 23.2 Å². The first kappa shape index (κ1) is 21.6. The number of rotatable bonds is 6. The number of hydrogen-bond acceptors (Lipinski definition) is 4. The smallest absolute Gasteiger partial charge is 0.255 e. The van der Waals surface area contributed by atoms with E-state index in [2.05, 4.69) is 51.3 Å². The van der Waals surface area contributed by atoms with Gasteiger partial charge in [-0.1, -0.05) is 29.8 Å². The fourth-order valence-electron chi connectivity index (χ4n) is 3.58. The summed E-state index contributed by atoms with van der Waals surface area (Å²) in [5.41, 5.74) is 2.14. The number of amides is 1. The molecule has 156 valence electrons. The van der Waals surface area contributed by atoms with Crippen molar-refractivity contribution in [3.63, 3.8) is 0 Å². The second-order valence-corrected chi connectivity index (χ2v) is 8.05. The number of carbonyl (C=O) groups is 1. The quantitative estimate of drug-likeness (QED) is 0.781. The first-order chi connectivity index (χ1) is 13.9. The molecule has 1 aliphatic heterocycles. The fourth-order valence-corrected chi connectivity index (χ4v) is 3.83. The van der Waals surface area contributed by atoms with E-state index in [1.807, 2.05) is 14.1 Å². The summed E-state index contributed by atoms with van der Waals surface area (Å²) in [5, 5.41) is 3.02. The number of hydrogen-bond donors (Lipinski definition) is 1. The van der Waals surface area contributed by atoms with Crippen LogP contribution in [-0.2, 0) is 0 Å². The van der Waals surface area contributed by atoms with Crippen molar-refractivity contribution in [2.45, 2.75) is 6.04 Å². The Kier molecular flexibility index (Phi) is 7.11. The first-order valence-electron chi connectivity index (χ1n) is 9.79. The molecule has 2 aromatic carbocycles. The summed E-state index contributed by atoms with van der Waals surface area (Å²) in [6.07, 6.45) is 0. The average Bonchev–Trinajstić information content (AvgIpc) is 2.69. The standard InChI is InChI=1S/C22H28ClFN4O/c1-26(2)17-9-7-16(8-10-17)20(28-13-11-27(3)12-14-28)15-25-22(29)21-18(23)5-4-6-19(21)24/h4-10,20H,11-15H2,1-3H3,(H,25,29)/t20-/m1/s1. The highest BCUT2D eigenvalue weighted by Gasteiger charge is 2.25. The zero-order chi connectivity index (χ0) is 21.0. The molecular formula is C22H28ClFN4O. The molecule has 1 N–H and O–H groups in total. The summed E-state index contributed by atoms with van der Waals surface area (Å²) in [6, 6.07) is 12.6. The van der Waals surface area contributed by atoms with E-state index in [-0.39, 0.29) is 16.6 Å². The van der Waals surface area contributed by atoms with Crippen molar-refractivity contribution in [2.75, 3.05) is 58.8 Å². The highest BCUT2D eigenvalue weighted by Crippen LogP contribution is 2.25. The molecule has 1 atom stereocenters. The molecule has 1 saturated heterocycles. The van der Waals surface area contributed by atoms with Gasteiger partial charge in [-0.25, -0.2) is 4.39 Å². The lowest BCUT2D eigenvalue weighted by Crippen LogP contribution is -2.48. The molecule has 1 heterocycles. The Bertz CT molecular complexity index is 815. The van der Waals surface area contributed by atoms with Crippen LogP contribution in [0.4, 0.5) is 10.1 Å². The lowest BCUT2D eigenvalue weighted by Gasteiger charge is -2.38. The van der Waals surface area contributed by atoms with Crippen LogP contribution in [0.3, 0.4) is 0 Å². The summed E-state index contributed by atoms with van der Waals surface area (Å²) < 4.78 is 14.1. The Balaban J connectivity index is 1.78. The molecule has 0 bridgehead atoms. The molecule has 1 fully saturated rings. The van der Waals surface area contributed by atoms with E-state index < -0.39 is 11.7 Å². The Labute approximate surface area is 177 Å². The molecule has 1 aliphatic rings. The van der Waals surface area contributed by atoms with E-state index >= 15 is 0 Å². The molecule has 0 unspecified atom stereocenters. The van der Waals surface area contributed by atoms with E-state index in [4.69, 9.17) is 11.6 Å². The third kappa shape index (κ3) is 5.26. The number of nitrogens with one attached hydrogen (secondary N) is 1. The number of likely N-dealkylation sites (N-methyl/N-ethyl adjacent to an activating group) is 1. The molecule has 1 amide bonds. The predicted octanol–water partition coefficient (Wildman–Crippen LogP) is 3.26. The number of halogens is 2. The summed E-state index contributed by atoms with van der Waals surface area (Å²) >= 11 is 6.05. The van der Waals surface area contributed by atoms with E-state index in [1.54, 1.807) is 0 Å². The second kappa shape index (κ2) is 9.57. The molecular weight excluding hydrogens is 391 g/mol. The Hall–Kier alpha value is -2.15. The zero-order valence-electron chi connectivity index (χ0n) is 17.2. The molecule has 2 aromatic rings. The van der Waals surface area contributed by atoms with Crippen LogP contribution >= 0.6 is 11.6 Å². The van der Waals surface area contributed by atoms with Crippen LogP contribution in [0, 0.1) is 5.82 Å². The third-order valence-electron chi connectivity index (χ3n) is 5.42. The number of piperazine rings is 1. The van der Waals surface area contributed by atoms with Crippen molar-refractivity contribution in [3.05, 3.63) is 64.4 Å². The molecule has 0 saturated carbocycles. The maximum atomic E-state index is 14.1. The largest absolute Gasteiger partial charge is 0.378 e. The van der Waals surface area contributed by atoms with Crippen LogP contribution in [0.5, 0.6) is 0 Å². The van der Waals surface area contributed by atoms with Crippen molar-refractivity contribution in [1.29, 1.82) is 0 Å². The van der Waals surface area contributed by atoms with E-state index in [0.717, 1.165) is 37.4 Å². The van der Waals surface area contributed by atoms with Gasteiger partial charge in [0.15, 0.2) is 0 Å². The molecule has 29 heavy (non-hydrogen) atoms. The minimum absolute atomic E-state index is 0.00871. The van der Waals surface area contributed by atoms with E-state index in [9.17, 15) is 9.18 Å². The Morgan fingerprint density at radius 2 is 1.79 bits per heavy atom. The van der Waals surface area contributed by atoms with Gasteiger partial charge in [0.2, 0.25) is 0 Å². The maximum Gasteiger partial charge on any atom is 0.255 e. The van der Waals surface area contributed by atoms with Crippen molar-refractivity contribution < 1.29 is 9.18 Å². The number of benzene rings is 2. The van der Waals surface area contributed by atoms with Gasteiger partial charge in [0.1, 0.15) is 5.82 Å². The van der Waals surface area contributed by atoms with Gasteiger partial charge in [0.05, 0.1) is 16.6 Å². The van der Waals surface area contributed by atoms with Crippen LogP contribution < -0.4 is 10.2 Å². The third-order valence-corrected chi connectivity index (χ3v) is 5.73. The first-order valence-corrected chi connectivity index (χ1v) is 10.2. The zero-order valence-corrected chi connectivity index (χ0v) is 17.9. The lowest BCUT2D eigenvalue weighted by molar-refractivity contribution is 0.0883. The molecule has 0 aromatic heterocycles. The van der Waals surface area contributed by atoms with Crippen molar-refractivity contribution in [2.24, 2.45) is 0 Å². The van der Waals surface area contributed by atoms with Gasteiger partial charge >= 0.3 is 0 Å². The van der Waals surface area contributed by atoms with Crippen LogP contribution in [0.25, 0.3) is 0 Å². The average molecular weight is 419 g/mol. The van der Waals surface area contributed by atoms with Gasteiger partial charge in [0, 0.05) is 52.5 Å². The SMILES string of the molecule is CN1CCN([C@H](CNC(=O)c2c(F)cccc2Cl)c2ccc(N(C)C)cc2)CC1. The van der Waals surface area contributed by atoms with E-state index in [0.29, 0.717) is 6.54 Å². The summed E-state index contributed by atoms with van der Waals surface area (Å²) in [5.74, 6) is -1.10. The monoisotopic (exact) mass is 418 g/mol. The van der Waals surface area contributed by atoms with Gasteiger partial charge in [-0.05, 0) is 36.9 Å². The van der Waals surface area contributed by atoms with Crippen LogP contribution in [0.15, 0.2) is 42.5 Å². The predicted molar refractivity (Wildman–Crippen MR) is 116 cm³/mol. The van der Waals surface area contributed by atoms with Gasteiger partial charge in [0.25, 0.3) is 5.91 Å². The molecule has 3 rings (SSSR count). The fraction of sp³-hybridized carbons (Fsp3) is 0.409. The van der Waals surface area contributed by atoms with Gasteiger partial charge in [-0.3, -0.25) is 9.69 Å². The maximum absolute atomic E-state index is 14.1. The molecule has 5 nitrogen and oxygen atoms in total. The van der Waals surface area contributed by atoms with Crippen LogP contribution in [0.2, 0.25) is 5.02 Å². The van der Waals surface area contributed by atoms with Gasteiger partial charge in [-0.15, -0.1) is 0 Å². The highest BCUT2D eigenvalue weighted by molar-refractivity contribution is 6.33. The lowest BCUT2D eigenvalue weighted by atomic mass is 10.0. The normalized spacial score (nSPS) is 16.4. The Morgan fingerprint density at radius 1 is 1.14 bits per heavy atom. The number of nitrogens with zero attached hydrogens (tertiary/aromatic N) is 3. The highest BCUT2D eigenvalue weighted by atomic mass is 35.5. The van der Waals surface area contributed by atoms with Gasteiger partial charge < -0.3 is 15.1 Å². The molecule has 0 spiro atoms. The number of anilines is 1. The molecule has 7 heteroatoms. The summed E-state index contributed by atoms with van der Waals surface area (Å²) in [7, 11) is 6.12. The second-order valence-electron chi connectivity index (χ2n) is 7.65. The molecule has 0 radical (unpaired) electrons. The van der Waals surface area contributed by atoms with Crippen molar-refractivity contribution in [1.82, 2.24) is 15.1 Å². The Morgan fingerprint density at radius 3 is 2.38 bits per heavy atom. The van der Waals surface area contributed by atoms with Crippen molar-refractivity contribution in [3.8, 4) is 0 Å². The van der Waals surface area contributed by atoms with E-state index in [1.165, 1.54) is 18.2 Å². The summed E-state index contributed by atoms with van der Waals surface area (Å²) in [4.78, 5) is 19.3. The molecule has 0 aliphatic carbocycles. The van der Waals surface area contributed by atoms with Crippen LogP contribution in [-0.4, -0.2) is 69.6 Å². The minimum Gasteiger partial charge on any atom is -0.378 e. The van der Waals surface area contributed by atoms with Crippen LogP contribution in [0.1, 0.15) is 22.0 Å². The van der Waals surface area contributed by atoms with Gasteiger partial charge in [-0.2, -0.15) is 0 Å². The summed E-state index contributed by atoms with van der Waals surface area (Å²) in [6.45, 7) is 4.15. The number of carbonyl (C=O) groups excluding carboxylic acids is 1. The topological polar surface area (TPSA) is 38.8 Å². The minimum atomic E-state index is -0.610.